The first kappa shape index (κ1) is 33.2. The molecular formula is C33H57NO3. The zero-order valence-electron chi connectivity index (χ0n) is 24.9. The zero-order valence-corrected chi connectivity index (χ0v) is 24.9. The highest BCUT2D eigenvalue weighted by Crippen LogP contribution is 2.43. The Kier molecular flexibility index (Phi) is 17.3. The number of carbonyl (C=O) groups is 2. The smallest absolute Gasteiger partial charge is 0.269 e. The first-order chi connectivity index (χ1) is 17.8. The van der Waals surface area contributed by atoms with Crippen LogP contribution in [0.5, 0.6) is 0 Å². The van der Waals surface area contributed by atoms with Crippen LogP contribution in [0.4, 0.5) is 0 Å². The van der Waals surface area contributed by atoms with Crippen molar-refractivity contribution in [3.05, 3.63) is 34.9 Å². The number of rotatable bonds is 22. The van der Waals surface area contributed by atoms with Crippen molar-refractivity contribution >= 4 is 11.6 Å². The molecule has 4 nitrogen and oxygen atoms in total. The van der Waals surface area contributed by atoms with Crippen molar-refractivity contribution in [3.63, 3.8) is 0 Å². The van der Waals surface area contributed by atoms with E-state index in [1.807, 2.05) is 0 Å². The summed E-state index contributed by atoms with van der Waals surface area (Å²) in [5, 5.41) is 14.5. The summed E-state index contributed by atoms with van der Waals surface area (Å²) in [5.74, 6) is -1.78. The van der Waals surface area contributed by atoms with Gasteiger partial charge in [0.2, 0.25) is 5.78 Å². The number of allylic oxidation sites excluding steroid dienone is 5. The van der Waals surface area contributed by atoms with Crippen molar-refractivity contribution in [2.45, 2.75) is 157 Å². The number of hydrogen-bond donors (Lipinski definition) is 2. The normalized spacial score (nSPS) is 14.9. The molecule has 0 saturated heterocycles. The molecule has 0 spiro atoms. The summed E-state index contributed by atoms with van der Waals surface area (Å²) in [7, 11) is 0. The molecule has 1 rings (SSSR count). The lowest BCUT2D eigenvalue weighted by Crippen LogP contribution is -2.34. The van der Waals surface area contributed by atoms with E-state index in [1.165, 1.54) is 76.7 Å². The monoisotopic (exact) mass is 515 g/mol. The fourth-order valence-corrected chi connectivity index (χ4v) is 5.30. The highest BCUT2D eigenvalue weighted by Gasteiger charge is 2.38. The van der Waals surface area contributed by atoms with E-state index in [9.17, 15) is 14.7 Å². The second-order valence-electron chi connectivity index (χ2n) is 11.3. The predicted molar refractivity (Wildman–Crippen MR) is 157 cm³/mol. The summed E-state index contributed by atoms with van der Waals surface area (Å²) in [6, 6.07) is 0. The molecule has 0 heterocycles. The fraction of sp³-hybridized carbons (Fsp3) is 0.758. The molecule has 0 radical (unpaired) electrons. The van der Waals surface area contributed by atoms with E-state index in [4.69, 9.17) is 0 Å². The molecule has 0 saturated carbocycles. The average molecular weight is 516 g/mol. The summed E-state index contributed by atoms with van der Waals surface area (Å²) in [5.41, 5.74) is 2.12. The highest BCUT2D eigenvalue weighted by atomic mass is 16.3. The van der Waals surface area contributed by atoms with Crippen molar-refractivity contribution in [3.8, 4) is 0 Å². The number of nitrogens with one attached hydrogen (secondary N) is 1. The van der Waals surface area contributed by atoms with Crippen molar-refractivity contribution in [1.29, 1.82) is 0 Å². The van der Waals surface area contributed by atoms with Gasteiger partial charge < -0.3 is 10.4 Å². The first-order valence-electron chi connectivity index (χ1n) is 15.5. The SMILES string of the molecule is CCCCC/C=C(/CCCCCC)NC1=C(O)C(=O)C(=O)C=C1C(C)(CCCCCC)CCCCCC. The molecule has 0 bridgehead atoms. The molecule has 0 atom stereocenters. The maximum absolute atomic E-state index is 12.7. The van der Waals surface area contributed by atoms with Crippen molar-refractivity contribution in [2.24, 2.45) is 5.41 Å². The molecule has 0 aromatic rings. The topological polar surface area (TPSA) is 66.4 Å². The van der Waals surface area contributed by atoms with E-state index in [0.717, 1.165) is 62.6 Å². The third kappa shape index (κ3) is 12.0. The quantitative estimate of drug-likeness (QED) is 0.0855. The molecule has 0 aromatic heterocycles. The second-order valence-corrected chi connectivity index (χ2v) is 11.3. The largest absolute Gasteiger partial charge is 0.503 e. The van der Waals surface area contributed by atoms with E-state index < -0.39 is 17.3 Å². The van der Waals surface area contributed by atoms with E-state index in [2.05, 4.69) is 46.0 Å². The van der Waals surface area contributed by atoms with Gasteiger partial charge in [-0.25, -0.2) is 0 Å². The molecule has 2 N–H and O–H groups in total. The number of aliphatic hydroxyl groups is 1. The minimum Gasteiger partial charge on any atom is -0.503 e. The lowest BCUT2D eigenvalue weighted by atomic mass is 9.70. The van der Waals surface area contributed by atoms with Gasteiger partial charge in [-0.3, -0.25) is 9.59 Å². The molecule has 1 aliphatic carbocycles. The van der Waals surface area contributed by atoms with Gasteiger partial charge in [0.1, 0.15) is 0 Å². The van der Waals surface area contributed by atoms with Crippen LogP contribution in [0.3, 0.4) is 0 Å². The van der Waals surface area contributed by atoms with Gasteiger partial charge >= 0.3 is 0 Å². The molecule has 0 unspecified atom stereocenters. The van der Waals surface area contributed by atoms with Gasteiger partial charge in [0, 0.05) is 5.70 Å². The third-order valence-electron chi connectivity index (χ3n) is 7.82. The van der Waals surface area contributed by atoms with Gasteiger partial charge in [-0.1, -0.05) is 124 Å². The lowest BCUT2D eigenvalue weighted by molar-refractivity contribution is -0.133. The van der Waals surface area contributed by atoms with Gasteiger partial charge in [-0.2, -0.15) is 0 Å². The summed E-state index contributed by atoms with van der Waals surface area (Å²) >= 11 is 0. The molecule has 0 amide bonds. The number of aliphatic hydroxyl groups excluding tert-OH is 1. The number of unbranched alkanes of at least 4 members (excludes halogenated alkanes) is 12. The second kappa shape index (κ2) is 19.3. The minimum absolute atomic E-state index is 0.260. The fourth-order valence-electron chi connectivity index (χ4n) is 5.30. The molecular weight excluding hydrogens is 458 g/mol. The summed E-state index contributed by atoms with van der Waals surface area (Å²) in [6.07, 6.45) is 25.0. The Balaban J connectivity index is 3.29. The molecule has 37 heavy (non-hydrogen) atoms. The van der Waals surface area contributed by atoms with Gasteiger partial charge in [0.25, 0.3) is 5.78 Å². The molecule has 1 aliphatic rings. The van der Waals surface area contributed by atoms with Crippen LogP contribution in [0.25, 0.3) is 0 Å². The van der Waals surface area contributed by atoms with Crippen LogP contribution in [-0.2, 0) is 9.59 Å². The number of carbonyl (C=O) groups excluding carboxylic acids is 2. The van der Waals surface area contributed by atoms with E-state index in [1.54, 1.807) is 0 Å². The van der Waals surface area contributed by atoms with Crippen molar-refractivity contribution in [1.82, 2.24) is 5.32 Å². The first-order valence-corrected chi connectivity index (χ1v) is 15.5. The Morgan fingerprint density at radius 1 is 0.784 bits per heavy atom. The van der Waals surface area contributed by atoms with Crippen LogP contribution in [0.2, 0.25) is 0 Å². The number of Topliss-reactive ketones (excluding diaryl/α,β-unsaturated/α-hetero) is 1. The predicted octanol–water partition coefficient (Wildman–Crippen LogP) is 9.81. The van der Waals surface area contributed by atoms with Crippen LogP contribution in [0.1, 0.15) is 157 Å². The van der Waals surface area contributed by atoms with Crippen LogP contribution < -0.4 is 5.32 Å². The van der Waals surface area contributed by atoms with Crippen LogP contribution in [0.15, 0.2) is 34.9 Å². The maximum Gasteiger partial charge on any atom is 0.269 e. The van der Waals surface area contributed by atoms with Crippen LogP contribution >= 0.6 is 0 Å². The third-order valence-corrected chi connectivity index (χ3v) is 7.82. The minimum atomic E-state index is -0.790. The number of ketones is 2. The Hall–Kier alpha value is -1.84. The standard InChI is InChI=1S/C33H57NO3/c1-6-10-14-18-22-27(23-19-15-11-7-2)34-30-28(26-29(35)31(36)32(30)37)33(5,24-20-16-12-8-3)25-21-17-13-9-4/h22,26,34,37H,6-21,23-25H2,1-5H3/b27-22-. The Morgan fingerprint density at radius 3 is 1.84 bits per heavy atom. The summed E-state index contributed by atoms with van der Waals surface area (Å²) < 4.78 is 0. The molecule has 212 valence electrons. The Labute approximate surface area is 228 Å². The van der Waals surface area contributed by atoms with Crippen LogP contribution in [0, 0.1) is 5.41 Å². The van der Waals surface area contributed by atoms with Crippen molar-refractivity contribution in [2.75, 3.05) is 0 Å². The van der Waals surface area contributed by atoms with E-state index >= 15 is 0 Å². The number of hydrogen-bond acceptors (Lipinski definition) is 4. The summed E-state index contributed by atoms with van der Waals surface area (Å²) in [6.45, 7) is 11.1. The Bertz CT molecular complexity index is 762. The Morgan fingerprint density at radius 2 is 1.30 bits per heavy atom. The average Bonchev–Trinajstić information content (AvgIpc) is 2.89. The maximum atomic E-state index is 12.7. The molecule has 0 fully saturated rings. The van der Waals surface area contributed by atoms with Gasteiger partial charge in [0.05, 0.1) is 5.70 Å². The highest BCUT2D eigenvalue weighted by molar-refractivity contribution is 6.48. The molecule has 4 heteroatoms. The molecule has 0 aliphatic heterocycles. The van der Waals surface area contributed by atoms with E-state index in [-0.39, 0.29) is 5.41 Å². The lowest BCUT2D eigenvalue weighted by Gasteiger charge is -2.36. The molecule has 0 aromatic carbocycles. The zero-order chi connectivity index (χ0) is 27.5. The van der Waals surface area contributed by atoms with E-state index in [0.29, 0.717) is 5.70 Å². The van der Waals surface area contributed by atoms with Crippen molar-refractivity contribution < 1.29 is 14.7 Å². The summed E-state index contributed by atoms with van der Waals surface area (Å²) in [4.78, 5) is 25.3. The van der Waals surface area contributed by atoms with Crippen LogP contribution in [-0.4, -0.2) is 16.7 Å². The van der Waals surface area contributed by atoms with Gasteiger partial charge in [-0.05, 0) is 55.6 Å². The van der Waals surface area contributed by atoms with Gasteiger partial charge in [0.15, 0.2) is 5.76 Å². The van der Waals surface area contributed by atoms with Gasteiger partial charge in [-0.15, -0.1) is 0 Å².